The van der Waals surface area contributed by atoms with Crippen molar-refractivity contribution in [1.82, 2.24) is 15.1 Å². The number of nitrogens with zero attached hydrogens (tertiary/aromatic N) is 2. The Labute approximate surface area is 103 Å². The number of amides is 1. The van der Waals surface area contributed by atoms with Crippen molar-refractivity contribution in [2.24, 2.45) is 0 Å². The molecule has 1 rings (SSSR count). The second-order valence-corrected chi connectivity index (χ2v) is 4.68. The second-order valence-electron chi connectivity index (χ2n) is 4.68. The van der Waals surface area contributed by atoms with Crippen LogP contribution in [0, 0.1) is 0 Å². The Hall–Kier alpha value is -1.53. The first-order chi connectivity index (χ1) is 8.14. The molecule has 0 saturated carbocycles. The van der Waals surface area contributed by atoms with Crippen molar-refractivity contribution in [1.29, 1.82) is 0 Å². The van der Waals surface area contributed by atoms with Crippen molar-refractivity contribution in [3.05, 3.63) is 18.0 Å². The molecule has 7 heteroatoms. The van der Waals surface area contributed by atoms with Gasteiger partial charge in [0, 0.05) is 11.7 Å². The lowest BCUT2D eigenvalue weighted by Crippen LogP contribution is -2.44. The summed E-state index contributed by atoms with van der Waals surface area (Å²) in [6, 6.07) is 0.845. The highest BCUT2D eigenvalue weighted by atomic mass is 19.4. The topological polar surface area (TPSA) is 46.9 Å². The van der Waals surface area contributed by atoms with Gasteiger partial charge in [-0.05, 0) is 26.3 Å². The van der Waals surface area contributed by atoms with Crippen LogP contribution < -0.4 is 5.32 Å². The average molecular weight is 263 g/mol. The molecule has 0 aliphatic carbocycles. The molecule has 1 amide bonds. The van der Waals surface area contributed by atoms with Crippen molar-refractivity contribution < 1.29 is 18.0 Å². The lowest BCUT2D eigenvalue weighted by Gasteiger charge is -2.24. The van der Waals surface area contributed by atoms with Gasteiger partial charge in [0.15, 0.2) is 5.69 Å². The van der Waals surface area contributed by atoms with Crippen LogP contribution in [-0.2, 0) is 17.5 Å². The van der Waals surface area contributed by atoms with Crippen LogP contribution in [0.15, 0.2) is 12.3 Å². The van der Waals surface area contributed by atoms with Crippen molar-refractivity contribution in [3.63, 3.8) is 0 Å². The van der Waals surface area contributed by atoms with E-state index in [2.05, 4.69) is 10.4 Å². The molecular formula is C11H16F3N3O. The summed E-state index contributed by atoms with van der Waals surface area (Å²) in [6.45, 7) is 5.37. The molecule has 4 nitrogen and oxygen atoms in total. The number of nitrogens with one attached hydrogen (secondary N) is 1. The predicted octanol–water partition coefficient (Wildman–Crippen LogP) is 2.21. The Morgan fingerprint density at radius 1 is 1.44 bits per heavy atom. The molecule has 0 unspecified atom stereocenters. The molecule has 0 aliphatic rings. The van der Waals surface area contributed by atoms with Crippen LogP contribution >= 0.6 is 0 Å². The first kappa shape index (κ1) is 14.5. The maximum Gasteiger partial charge on any atom is 0.435 e. The van der Waals surface area contributed by atoms with E-state index in [9.17, 15) is 18.0 Å². The van der Waals surface area contributed by atoms with Crippen molar-refractivity contribution in [3.8, 4) is 0 Å². The molecule has 0 spiro atoms. The summed E-state index contributed by atoms with van der Waals surface area (Å²) in [6.07, 6.45) is -2.61. The first-order valence-electron chi connectivity index (χ1n) is 5.56. The summed E-state index contributed by atoms with van der Waals surface area (Å²) in [7, 11) is 0. The smallest absolute Gasteiger partial charge is 0.350 e. The minimum absolute atomic E-state index is 0.223. The summed E-state index contributed by atoms with van der Waals surface area (Å²) in [4.78, 5) is 11.6. The maximum atomic E-state index is 12.3. The van der Waals surface area contributed by atoms with Gasteiger partial charge in [-0.1, -0.05) is 6.92 Å². The van der Waals surface area contributed by atoms with Gasteiger partial charge in [-0.25, -0.2) is 0 Å². The fraction of sp³-hybridized carbons (Fsp3) is 0.636. The molecule has 102 valence electrons. The SMILES string of the molecule is CCC(C)(C)NC(=O)Cn1ccc(C(F)(F)F)n1. The third-order valence-corrected chi connectivity index (χ3v) is 2.60. The van der Waals surface area contributed by atoms with Crippen LogP contribution in [-0.4, -0.2) is 21.2 Å². The summed E-state index contributed by atoms with van der Waals surface area (Å²) >= 11 is 0. The van der Waals surface area contributed by atoms with Gasteiger partial charge in [0.05, 0.1) is 0 Å². The standard InChI is InChI=1S/C11H16F3N3O/c1-4-10(2,3)15-9(18)7-17-6-5-8(16-17)11(12,13)14/h5-6H,4,7H2,1-3H3,(H,15,18). The van der Waals surface area contributed by atoms with Crippen LogP contribution in [0.2, 0.25) is 0 Å². The summed E-state index contributed by atoms with van der Waals surface area (Å²) < 4.78 is 37.8. The lowest BCUT2D eigenvalue weighted by atomic mass is 10.0. The first-order valence-corrected chi connectivity index (χ1v) is 5.56. The number of hydrogen-bond acceptors (Lipinski definition) is 2. The molecule has 0 radical (unpaired) electrons. The van der Waals surface area contributed by atoms with Gasteiger partial charge in [-0.2, -0.15) is 18.3 Å². The van der Waals surface area contributed by atoms with Crippen LogP contribution in [0.25, 0.3) is 0 Å². The van der Waals surface area contributed by atoms with E-state index in [1.807, 2.05) is 20.8 Å². The van der Waals surface area contributed by atoms with E-state index < -0.39 is 11.9 Å². The Morgan fingerprint density at radius 2 is 2.06 bits per heavy atom. The Kier molecular flexibility index (Phi) is 4.03. The molecule has 1 aromatic rings. The highest BCUT2D eigenvalue weighted by molar-refractivity contribution is 5.76. The molecule has 0 aromatic carbocycles. The van der Waals surface area contributed by atoms with Crippen LogP contribution in [0.4, 0.5) is 13.2 Å². The zero-order valence-corrected chi connectivity index (χ0v) is 10.5. The number of carbonyl (C=O) groups excluding carboxylic acids is 1. The predicted molar refractivity (Wildman–Crippen MR) is 59.7 cm³/mol. The zero-order valence-electron chi connectivity index (χ0n) is 10.5. The van der Waals surface area contributed by atoms with Gasteiger partial charge in [-0.3, -0.25) is 9.48 Å². The average Bonchev–Trinajstić information content (AvgIpc) is 2.64. The Balaban J connectivity index is 2.64. The zero-order chi connectivity index (χ0) is 14.0. The third-order valence-electron chi connectivity index (χ3n) is 2.60. The Bertz CT molecular complexity index is 423. The van der Waals surface area contributed by atoms with E-state index in [1.165, 1.54) is 0 Å². The summed E-state index contributed by atoms with van der Waals surface area (Å²) in [5.41, 5.74) is -1.37. The quantitative estimate of drug-likeness (QED) is 0.905. The second kappa shape index (κ2) is 4.99. The molecule has 0 fully saturated rings. The van der Waals surface area contributed by atoms with E-state index in [4.69, 9.17) is 0 Å². The molecule has 0 atom stereocenters. The summed E-state index contributed by atoms with van der Waals surface area (Å²) in [5, 5.41) is 6.03. The van der Waals surface area contributed by atoms with Crippen LogP contribution in [0.3, 0.4) is 0 Å². The van der Waals surface area contributed by atoms with Crippen LogP contribution in [0.5, 0.6) is 0 Å². The summed E-state index contributed by atoms with van der Waals surface area (Å²) in [5.74, 6) is -0.362. The number of hydrogen-bond donors (Lipinski definition) is 1. The maximum absolute atomic E-state index is 12.3. The molecule has 1 aromatic heterocycles. The molecule has 1 heterocycles. The molecule has 0 saturated heterocycles. The normalized spacial score (nSPS) is 12.6. The van der Waals surface area contributed by atoms with Gasteiger partial charge < -0.3 is 5.32 Å². The van der Waals surface area contributed by atoms with Gasteiger partial charge in [0.1, 0.15) is 6.54 Å². The van der Waals surface area contributed by atoms with Crippen molar-refractivity contribution >= 4 is 5.91 Å². The molecule has 0 aliphatic heterocycles. The molecule has 18 heavy (non-hydrogen) atoms. The van der Waals surface area contributed by atoms with E-state index in [-0.39, 0.29) is 18.0 Å². The fourth-order valence-electron chi connectivity index (χ4n) is 1.25. The van der Waals surface area contributed by atoms with Gasteiger partial charge >= 0.3 is 6.18 Å². The Morgan fingerprint density at radius 3 is 2.50 bits per heavy atom. The number of aromatic nitrogens is 2. The lowest BCUT2D eigenvalue weighted by molar-refractivity contribution is -0.141. The minimum Gasteiger partial charge on any atom is -0.350 e. The molecule has 0 bridgehead atoms. The van der Waals surface area contributed by atoms with Gasteiger partial charge in [0.25, 0.3) is 0 Å². The van der Waals surface area contributed by atoms with Crippen molar-refractivity contribution in [2.75, 3.05) is 0 Å². The van der Waals surface area contributed by atoms with Gasteiger partial charge in [-0.15, -0.1) is 0 Å². The highest BCUT2D eigenvalue weighted by Gasteiger charge is 2.33. The number of alkyl halides is 3. The van der Waals surface area contributed by atoms with E-state index >= 15 is 0 Å². The molecule has 1 N–H and O–H groups in total. The number of rotatable bonds is 4. The molecular weight excluding hydrogens is 247 g/mol. The van der Waals surface area contributed by atoms with E-state index in [0.29, 0.717) is 0 Å². The monoisotopic (exact) mass is 263 g/mol. The minimum atomic E-state index is -4.48. The van der Waals surface area contributed by atoms with Crippen molar-refractivity contribution in [2.45, 2.75) is 45.5 Å². The third kappa shape index (κ3) is 4.05. The fourth-order valence-corrected chi connectivity index (χ4v) is 1.25. The highest BCUT2D eigenvalue weighted by Crippen LogP contribution is 2.27. The van der Waals surface area contributed by atoms with Crippen LogP contribution in [0.1, 0.15) is 32.9 Å². The van der Waals surface area contributed by atoms with E-state index in [1.54, 1.807) is 0 Å². The number of halogens is 3. The van der Waals surface area contributed by atoms with Gasteiger partial charge in [0.2, 0.25) is 5.91 Å². The van der Waals surface area contributed by atoms with E-state index in [0.717, 1.165) is 23.4 Å². The number of carbonyl (C=O) groups is 1. The largest absolute Gasteiger partial charge is 0.435 e.